The van der Waals surface area contributed by atoms with Gasteiger partial charge in [0, 0.05) is 43.9 Å². The first-order chi connectivity index (χ1) is 13.7. The predicted octanol–water partition coefficient (Wildman–Crippen LogP) is 4.60. The fourth-order valence-corrected chi connectivity index (χ4v) is 4.88. The highest BCUT2D eigenvalue weighted by Crippen LogP contribution is 2.28. The number of benzene rings is 1. The van der Waals surface area contributed by atoms with Gasteiger partial charge in [0.25, 0.3) is 0 Å². The number of nitrogens with zero attached hydrogens (tertiary/aromatic N) is 3. The van der Waals surface area contributed by atoms with E-state index in [0.717, 1.165) is 51.7 Å². The third-order valence-corrected chi connectivity index (χ3v) is 6.67. The Hall–Kier alpha value is -2.10. The topological polar surface area (TPSA) is 38.1 Å². The Morgan fingerprint density at radius 1 is 1.04 bits per heavy atom. The summed E-state index contributed by atoms with van der Waals surface area (Å²) in [4.78, 5) is 19.7. The number of amides is 1. The van der Waals surface area contributed by atoms with Crippen molar-refractivity contribution in [3.05, 3.63) is 53.6 Å². The van der Waals surface area contributed by atoms with Crippen molar-refractivity contribution in [1.82, 2.24) is 14.5 Å². The normalized spacial score (nSPS) is 19.1. The van der Waals surface area contributed by atoms with E-state index in [0.29, 0.717) is 17.7 Å². The van der Waals surface area contributed by atoms with E-state index in [-0.39, 0.29) is 0 Å². The molecule has 1 amide bonds. The number of imidazole rings is 1. The molecule has 2 heterocycles. The van der Waals surface area contributed by atoms with Gasteiger partial charge in [-0.05, 0) is 44.1 Å². The summed E-state index contributed by atoms with van der Waals surface area (Å²) >= 11 is 0. The summed E-state index contributed by atoms with van der Waals surface area (Å²) in [6.07, 6.45) is 11.2. The van der Waals surface area contributed by atoms with Crippen LogP contribution in [0.15, 0.2) is 36.5 Å². The average Bonchev–Trinajstić information content (AvgIpc) is 3.09. The van der Waals surface area contributed by atoms with Crippen molar-refractivity contribution in [2.24, 2.45) is 11.8 Å². The zero-order chi connectivity index (χ0) is 19.3. The van der Waals surface area contributed by atoms with Gasteiger partial charge < -0.3 is 9.47 Å². The summed E-state index contributed by atoms with van der Waals surface area (Å²) in [5, 5.41) is 0. The summed E-state index contributed by atoms with van der Waals surface area (Å²) in [5.41, 5.74) is 2.54. The van der Waals surface area contributed by atoms with E-state index in [4.69, 9.17) is 4.98 Å². The monoisotopic (exact) mass is 379 g/mol. The van der Waals surface area contributed by atoms with Crippen LogP contribution in [0, 0.1) is 18.8 Å². The maximum Gasteiger partial charge on any atom is 0.225 e. The molecular formula is C24H33N3O. The first kappa shape index (κ1) is 19.2. The van der Waals surface area contributed by atoms with Crippen LogP contribution in [0.5, 0.6) is 0 Å². The van der Waals surface area contributed by atoms with Crippen LogP contribution in [-0.2, 0) is 17.8 Å². The Balaban J connectivity index is 1.33. The number of hydrogen-bond donors (Lipinski definition) is 0. The molecule has 0 N–H and O–H groups in total. The Bertz CT molecular complexity index is 768. The van der Waals surface area contributed by atoms with Gasteiger partial charge in [0.05, 0.1) is 0 Å². The van der Waals surface area contributed by atoms with Crippen LogP contribution < -0.4 is 0 Å². The molecule has 4 rings (SSSR count). The van der Waals surface area contributed by atoms with Crippen molar-refractivity contribution >= 4 is 5.91 Å². The maximum absolute atomic E-state index is 12.8. The van der Waals surface area contributed by atoms with Gasteiger partial charge in [-0.15, -0.1) is 0 Å². The summed E-state index contributed by atoms with van der Waals surface area (Å²) in [6, 6.07) is 10.6. The highest BCUT2D eigenvalue weighted by atomic mass is 16.2. The first-order valence-corrected chi connectivity index (χ1v) is 11.0. The smallest absolute Gasteiger partial charge is 0.225 e. The van der Waals surface area contributed by atoms with Crippen LogP contribution in [0.3, 0.4) is 0 Å². The molecule has 0 atom stereocenters. The van der Waals surface area contributed by atoms with Crippen molar-refractivity contribution in [2.75, 3.05) is 13.1 Å². The molecule has 2 fully saturated rings. The largest absolute Gasteiger partial charge is 0.342 e. The third kappa shape index (κ3) is 4.48. The summed E-state index contributed by atoms with van der Waals surface area (Å²) in [5.74, 6) is 2.56. The zero-order valence-corrected chi connectivity index (χ0v) is 17.1. The Morgan fingerprint density at radius 3 is 2.46 bits per heavy atom. The van der Waals surface area contributed by atoms with Crippen LogP contribution in [0.25, 0.3) is 0 Å². The number of aryl methyl sites for hydroxylation is 1. The molecule has 1 aromatic heterocycles. The van der Waals surface area contributed by atoms with Crippen molar-refractivity contribution < 1.29 is 4.79 Å². The quantitative estimate of drug-likeness (QED) is 0.761. The van der Waals surface area contributed by atoms with Gasteiger partial charge in [0.15, 0.2) is 0 Å². The lowest BCUT2D eigenvalue weighted by Crippen LogP contribution is -2.42. The molecule has 1 aliphatic carbocycles. The van der Waals surface area contributed by atoms with Gasteiger partial charge in [-0.3, -0.25) is 4.79 Å². The predicted molar refractivity (Wildman–Crippen MR) is 112 cm³/mol. The molecule has 4 heteroatoms. The van der Waals surface area contributed by atoms with Gasteiger partial charge in [-0.1, -0.05) is 49.6 Å². The highest BCUT2D eigenvalue weighted by Gasteiger charge is 2.29. The van der Waals surface area contributed by atoms with Crippen molar-refractivity contribution in [3.8, 4) is 0 Å². The van der Waals surface area contributed by atoms with Crippen LogP contribution in [-0.4, -0.2) is 33.4 Å². The molecule has 1 saturated carbocycles. The van der Waals surface area contributed by atoms with Crippen LogP contribution in [0.2, 0.25) is 0 Å². The number of carbonyl (C=O) groups is 1. The van der Waals surface area contributed by atoms with E-state index in [1.54, 1.807) is 0 Å². The highest BCUT2D eigenvalue weighted by molar-refractivity contribution is 5.79. The number of aromatic nitrogens is 2. The van der Waals surface area contributed by atoms with Crippen molar-refractivity contribution in [3.63, 3.8) is 0 Å². The Labute approximate surface area is 169 Å². The lowest BCUT2D eigenvalue weighted by Gasteiger charge is -2.35. The molecule has 0 radical (unpaired) electrons. The van der Waals surface area contributed by atoms with E-state index in [2.05, 4.69) is 46.7 Å². The molecule has 1 saturated heterocycles. The molecule has 1 aliphatic heterocycles. The standard InChI is InChI=1S/C24H33N3O/c1-19-17-25-23(27(19)18-21-8-4-2-5-9-21)16-20-12-14-26(15-13-20)24(28)22-10-6-3-7-11-22/h2,4-5,8-9,17,20,22H,3,6-7,10-16,18H2,1H3. The van der Waals surface area contributed by atoms with E-state index in [1.807, 2.05) is 6.20 Å². The van der Waals surface area contributed by atoms with Gasteiger partial charge in [0.2, 0.25) is 5.91 Å². The second kappa shape index (κ2) is 8.93. The molecule has 4 nitrogen and oxygen atoms in total. The van der Waals surface area contributed by atoms with E-state index in [1.165, 1.54) is 36.3 Å². The summed E-state index contributed by atoms with van der Waals surface area (Å²) < 4.78 is 2.36. The van der Waals surface area contributed by atoms with E-state index >= 15 is 0 Å². The van der Waals surface area contributed by atoms with Gasteiger partial charge >= 0.3 is 0 Å². The second-order valence-electron chi connectivity index (χ2n) is 8.70. The first-order valence-electron chi connectivity index (χ1n) is 11.0. The Morgan fingerprint density at radius 2 is 1.75 bits per heavy atom. The third-order valence-electron chi connectivity index (χ3n) is 6.67. The lowest BCUT2D eigenvalue weighted by molar-refractivity contribution is -0.138. The number of likely N-dealkylation sites (tertiary alicyclic amines) is 1. The van der Waals surface area contributed by atoms with Gasteiger partial charge in [-0.25, -0.2) is 4.98 Å². The number of piperidine rings is 1. The minimum Gasteiger partial charge on any atom is -0.342 e. The summed E-state index contributed by atoms with van der Waals surface area (Å²) in [6.45, 7) is 4.89. The molecule has 1 aromatic carbocycles. The lowest BCUT2D eigenvalue weighted by atomic mass is 9.86. The van der Waals surface area contributed by atoms with Crippen LogP contribution in [0.1, 0.15) is 62.0 Å². The van der Waals surface area contributed by atoms with Crippen LogP contribution in [0.4, 0.5) is 0 Å². The minimum absolute atomic E-state index is 0.303. The number of hydrogen-bond acceptors (Lipinski definition) is 2. The van der Waals surface area contributed by atoms with E-state index in [9.17, 15) is 4.79 Å². The van der Waals surface area contributed by atoms with Gasteiger partial charge in [0.1, 0.15) is 5.82 Å². The molecule has 0 spiro atoms. The number of carbonyl (C=O) groups excluding carboxylic acids is 1. The molecular weight excluding hydrogens is 346 g/mol. The van der Waals surface area contributed by atoms with Crippen molar-refractivity contribution in [1.29, 1.82) is 0 Å². The van der Waals surface area contributed by atoms with Gasteiger partial charge in [-0.2, -0.15) is 0 Å². The fraction of sp³-hybridized carbons (Fsp3) is 0.583. The fourth-order valence-electron chi connectivity index (χ4n) is 4.88. The zero-order valence-electron chi connectivity index (χ0n) is 17.1. The average molecular weight is 380 g/mol. The maximum atomic E-state index is 12.8. The molecule has 0 bridgehead atoms. The second-order valence-corrected chi connectivity index (χ2v) is 8.70. The SMILES string of the molecule is Cc1cnc(CC2CCN(C(=O)C3CCCCC3)CC2)n1Cc1ccccc1. The summed E-state index contributed by atoms with van der Waals surface area (Å²) in [7, 11) is 0. The molecule has 28 heavy (non-hydrogen) atoms. The Kier molecular flexibility index (Phi) is 6.13. The van der Waals surface area contributed by atoms with Crippen molar-refractivity contribution in [2.45, 2.75) is 64.8 Å². The van der Waals surface area contributed by atoms with Crippen LogP contribution >= 0.6 is 0 Å². The van der Waals surface area contributed by atoms with E-state index < -0.39 is 0 Å². The number of rotatable bonds is 5. The molecule has 2 aliphatic rings. The molecule has 150 valence electrons. The molecule has 0 unspecified atom stereocenters. The minimum atomic E-state index is 0.303. The molecule has 2 aromatic rings.